The average molecular weight is 294 g/mol. The molecule has 7 nitrogen and oxygen atoms in total. The van der Waals surface area contributed by atoms with Gasteiger partial charge in [-0.2, -0.15) is 0 Å². The Hall–Kier alpha value is -0.760. The monoisotopic (exact) mass is 294 g/mol. The third-order valence-corrected chi connectivity index (χ3v) is 5.12. The minimum atomic E-state index is -3.75. The van der Waals surface area contributed by atoms with Gasteiger partial charge in [0.1, 0.15) is 0 Å². The highest BCUT2D eigenvalue weighted by Crippen LogP contribution is 2.50. The number of nitrogens with one attached hydrogen (secondary N) is 1. The standard InChI is InChI=1S/C9H15N2O5PS/c1-14-17(15-2,16-3)10-11-18(12,13)9-7-5-4-6-8-9/h4-8,11H,1-3H3. The lowest BCUT2D eigenvalue weighted by atomic mass is 10.4. The smallest absolute Gasteiger partial charge is 0.305 e. The van der Waals surface area contributed by atoms with Crippen LogP contribution in [0.25, 0.3) is 0 Å². The van der Waals surface area contributed by atoms with Crippen LogP contribution in [0.2, 0.25) is 0 Å². The van der Waals surface area contributed by atoms with Crippen molar-refractivity contribution in [2.45, 2.75) is 4.90 Å². The number of hydrogen-bond acceptors (Lipinski definition) is 6. The van der Waals surface area contributed by atoms with Crippen molar-refractivity contribution in [1.29, 1.82) is 0 Å². The van der Waals surface area contributed by atoms with E-state index in [4.69, 9.17) is 13.6 Å². The Labute approximate surface area is 106 Å². The molecule has 0 radical (unpaired) electrons. The zero-order valence-electron chi connectivity index (χ0n) is 10.2. The second-order valence-electron chi connectivity index (χ2n) is 3.02. The first-order chi connectivity index (χ1) is 8.49. The highest BCUT2D eigenvalue weighted by Gasteiger charge is 2.21. The fourth-order valence-corrected chi connectivity index (χ4v) is 3.25. The van der Waals surface area contributed by atoms with E-state index in [1.54, 1.807) is 18.2 Å². The molecule has 9 heteroatoms. The molecule has 0 aliphatic carbocycles. The van der Waals surface area contributed by atoms with Gasteiger partial charge < -0.3 is 13.6 Å². The van der Waals surface area contributed by atoms with Crippen LogP contribution in [0.15, 0.2) is 40.1 Å². The molecule has 0 spiro atoms. The maximum atomic E-state index is 11.9. The van der Waals surface area contributed by atoms with E-state index in [-0.39, 0.29) is 4.90 Å². The molecule has 0 heterocycles. The van der Waals surface area contributed by atoms with Crippen molar-refractivity contribution in [3.05, 3.63) is 30.3 Å². The first-order valence-corrected chi connectivity index (χ1v) is 7.83. The van der Waals surface area contributed by atoms with Gasteiger partial charge in [0.2, 0.25) is 0 Å². The number of nitrogens with zero attached hydrogens (tertiary/aromatic N) is 1. The van der Waals surface area contributed by atoms with Crippen LogP contribution >= 0.6 is 7.74 Å². The maximum Gasteiger partial charge on any atom is 0.372 e. The van der Waals surface area contributed by atoms with Crippen LogP contribution in [-0.4, -0.2) is 29.7 Å². The summed E-state index contributed by atoms with van der Waals surface area (Å²) in [7, 11) is -2.81. The molecule has 0 amide bonds. The Kier molecular flexibility index (Phi) is 5.46. The van der Waals surface area contributed by atoms with Crippen LogP contribution in [0.4, 0.5) is 0 Å². The van der Waals surface area contributed by atoms with Crippen LogP contribution in [0.3, 0.4) is 0 Å². The number of sulfonamides is 1. The minimum Gasteiger partial charge on any atom is -0.305 e. The summed E-state index contributed by atoms with van der Waals surface area (Å²) in [6.45, 7) is 0. The molecule has 1 aromatic rings. The maximum absolute atomic E-state index is 11.9. The molecule has 0 aliphatic heterocycles. The van der Waals surface area contributed by atoms with Crippen molar-refractivity contribution < 1.29 is 22.0 Å². The summed E-state index contributed by atoms with van der Waals surface area (Å²) in [6, 6.07) is 7.83. The topological polar surface area (TPSA) is 86.2 Å². The van der Waals surface area contributed by atoms with Gasteiger partial charge in [-0.05, 0) is 12.1 Å². The van der Waals surface area contributed by atoms with E-state index < -0.39 is 17.8 Å². The van der Waals surface area contributed by atoms with Crippen molar-refractivity contribution in [2.24, 2.45) is 4.85 Å². The van der Waals surface area contributed by atoms with Crippen LogP contribution < -0.4 is 4.83 Å². The molecule has 1 aromatic carbocycles. The molecule has 102 valence electrons. The van der Waals surface area contributed by atoms with Gasteiger partial charge in [-0.25, -0.2) is 8.42 Å². The minimum absolute atomic E-state index is 0.0927. The number of hydrogen-bond donors (Lipinski definition) is 1. The van der Waals surface area contributed by atoms with Crippen LogP contribution in [0, 0.1) is 0 Å². The fourth-order valence-electron chi connectivity index (χ4n) is 1.10. The second kappa shape index (κ2) is 6.42. The van der Waals surface area contributed by atoms with Gasteiger partial charge in [-0.15, -0.1) is 4.85 Å². The summed E-state index contributed by atoms with van der Waals surface area (Å²) in [5.74, 6) is 0. The molecule has 0 saturated heterocycles. The fraction of sp³-hybridized carbons (Fsp3) is 0.333. The van der Waals surface area contributed by atoms with Gasteiger partial charge in [-0.3, -0.25) is 0 Å². The third kappa shape index (κ3) is 3.61. The predicted molar refractivity (Wildman–Crippen MR) is 67.1 cm³/mol. The van der Waals surface area contributed by atoms with Crippen molar-refractivity contribution in [3.8, 4) is 0 Å². The van der Waals surface area contributed by atoms with Crippen molar-refractivity contribution >= 4 is 17.8 Å². The summed E-state index contributed by atoms with van der Waals surface area (Å²) >= 11 is 0. The van der Waals surface area contributed by atoms with E-state index in [9.17, 15) is 8.42 Å². The van der Waals surface area contributed by atoms with Crippen LogP contribution in [0.1, 0.15) is 0 Å². The van der Waals surface area contributed by atoms with E-state index in [1.165, 1.54) is 33.5 Å². The Morgan fingerprint density at radius 2 is 1.56 bits per heavy atom. The highest BCUT2D eigenvalue weighted by atomic mass is 32.2. The Balaban J connectivity index is 3.01. The van der Waals surface area contributed by atoms with Crippen molar-refractivity contribution in [3.63, 3.8) is 0 Å². The van der Waals surface area contributed by atoms with Gasteiger partial charge >= 0.3 is 7.74 Å². The van der Waals surface area contributed by atoms with Gasteiger partial charge in [-0.1, -0.05) is 23.0 Å². The van der Waals surface area contributed by atoms with Crippen molar-refractivity contribution in [1.82, 2.24) is 4.83 Å². The molecular formula is C9H15N2O5PS. The summed E-state index contributed by atoms with van der Waals surface area (Å²) in [4.78, 5) is 5.80. The molecule has 1 N–H and O–H groups in total. The van der Waals surface area contributed by atoms with E-state index in [2.05, 4.69) is 4.85 Å². The van der Waals surface area contributed by atoms with Crippen LogP contribution in [-0.2, 0) is 23.6 Å². The number of benzene rings is 1. The van der Waals surface area contributed by atoms with Gasteiger partial charge in [0.15, 0.2) is 0 Å². The first-order valence-electron chi connectivity index (χ1n) is 4.85. The Morgan fingerprint density at radius 3 is 2.00 bits per heavy atom. The van der Waals surface area contributed by atoms with E-state index in [1.807, 2.05) is 4.83 Å². The first kappa shape index (κ1) is 15.3. The summed E-state index contributed by atoms with van der Waals surface area (Å²) < 4.78 is 38.6. The molecule has 1 rings (SSSR count). The van der Waals surface area contributed by atoms with E-state index >= 15 is 0 Å². The van der Waals surface area contributed by atoms with E-state index in [0.717, 1.165) is 0 Å². The van der Waals surface area contributed by atoms with Gasteiger partial charge in [0.25, 0.3) is 10.0 Å². The predicted octanol–water partition coefficient (Wildman–Crippen LogP) is 1.77. The molecule has 0 bridgehead atoms. The summed E-state index contributed by atoms with van der Waals surface area (Å²) in [5.41, 5.74) is 0. The molecule has 0 aromatic heterocycles. The normalized spacial score (nSPS) is 12.4. The summed E-state index contributed by atoms with van der Waals surface area (Å²) in [6.07, 6.45) is 0. The third-order valence-electron chi connectivity index (χ3n) is 2.03. The lowest BCUT2D eigenvalue weighted by molar-refractivity contribution is 0.222. The van der Waals surface area contributed by atoms with Crippen LogP contribution in [0.5, 0.6) is 0 Å². The quantitative estimate of drug-likeness (QED) is 0.638. The second-order valence-corrected chi connectivity index (χ2v) is 6.92. The van der Waals surface area contributed by atoms with Crippen molar-refractivity contribution in [2.75, 3.05) is 21.3 Å². The lowest BCUT2D eigenvalue weighted by Gasteiger charge is -2.16. The largest absolute Gasteiger partial charge is 0.372 e. The average Bonchev–Trinajstić information content (AvgIpc) is 2.42. The van der Waals surface area contributed by atoms with E-state index in [0.29, 0.717) is 0 Å². The highest BCUT2D eigenvalue weighted by molar-refractivity contribution is 7.89. The Morgan fingerprint density at radius 1 is 1.06 bits per heavy atom. The number of rotatable bonds is 6. The van der Waals surface area contributed by atoms with Gasteiger partial charge in [0.05, 0.1) is 4.90 Å². The Bertz CT molecular complexity index is 512. The summed E-state index contributed by atoms with van der Waals surface area (Å²) in [5, 5.41) is 0. The zero-order valence-corrected chi connectivity index (χ0v) is 11.9. The zero-order chi connectivity index (χ0) is 13.6. The van der Waals surface area contributed by atoms with Gasteiger partial charge in [0, 0.05) is 21.3 Å². The molecule has 0 unspecified atom stereocenters. The molecular weight excluding hydrogens is 279 g/mol. The lowest BCUT2D eigenvalue weighted by Crippen LogP contribution is -2.18. The SMILES string of the molecule is COP(=NNS(=O)(=O)c1ccccc1)(OC)OC. The molecule has 0 aliphatic rings. The molecule has 18 heavy (non-hydrogen) atoms. The molecule has 0 atom stereocenters. The molecule has 0 fully saturated rings. The molecule has 0 saturated carbocycles.